The second-order valence-electron chi connectivity index (χ2n) is 1.84. The molecule has 6 heteroatoms. The van der Waals surface area contributed by atoms with Crippen molar-refractivity contribution in [3.63, 3.8) is 0 Å². The molecule has 0 heterocycles. The van der Waals surface area contributed by atoms with Crippen LogP contribution >= 0.6 is 0 Å². The summed E-state index contributed by atoms with van der Waals surface area (Å²) in [5.41, 5.74) is 0. The molecule has 2 radical (unpaired) electrons. The van der Waals surface area contributed by atoms with Crippen molar-refractivity contribution in [3.05, 3.63) is 0 Å². The molecule has 0 aromatic heterocycles. The predicted molar refractivity (Wildman–Crippen MR) is 29.1 cm³/mol. The molecule has 0 saturated carbocycles. The SMILES string of the molecule is CC(CC(=O)O)C(=O)O.[Y].[Y]. The monoisotopic (exact) mass is 310 g/mol. The molecule has 0 aliphatic heterocycles. The van der Waals surface area contributed by atoms with Crippen molar-refractivity contribution >= 4 is 11.9 Å². The van der Waals surface area contributed by atoms with Crippen molar-refractivity contribution in [2.75, 3.05) is 0 Å². The van der Waals surface area contributed by atoms with Crippen molar-refractivity contribution in [3.8, 4) is 0 Å². The Kier molecular flexibility index (Phi) is 15.1. The molecule has 0 aliphatic rings. The van der Waals surface area contributed by atoms with Gasteiger partial charge in [-0.15, -0.1) is 0 Å². The van der Waals surface area contributed by atoms with Crippen LogP contribution in [0.15, 0.2) is 0 Å². The number of aliphatic carboxylic acids is 2. The minimum atomic E-state index is -1.08. The van der Waals surface area contributed by atoms with Crippen molar-refractivity contribution in [1.29, 1.82) is 0 Å². The summed E-state index contributed by atoms with van der Waals surface area (Å²) in [6.45, 7) is 1.36. The van der Waals surface area contributed by atoms with E-state index in [1.807, 2.05) is 0 Å². The summed E-state index contributed by atoms with van der Waals surface area (Å²) in [4.78, 5) is 19.8. The first-order valence-corrected chi connectivity index (χ1v) is 2.48. The number of hydrogen-bond acceptors (Lipinski definition) is 2. The van der Waals surface area contributed by atoms with E-state index in [0.717, 1.165) is 0 Å². The molecule has 58 valence electrons. The molecule has 1 unspecified atom stereocenters. The largest absolute Gasteiger partial charge is 0.481 e. The molecule has 2 N–H and O–H groups in total. The number of rotatable bonds is 3. The Morgan fingerprint density at radius 1 is 1.27 bits per heavy atom. The Bertz CT molecular complexity index is 136. The molecule has 0 aromatic rings. The molecule has 0 fully saturated rings. The van der Waals surface area contributed by atoms with Gasteiger partial charge in [0.25, 0.3) is 0 Å². The van der Waals surface area contributed by atoms with Crippen molar-refractivity contribution < 1.29 is 85.2 Å². The number of carboxylic acids is 2. The minimum Gasteiger partial charge on any atom is -0.481 e. The van der Waals surface area contributed by atoms with Crippen molar-refractivity contribution in [2.45, 2.75) is 13.3 Å². The molecular weight excluding hydrogens is 302 g/mol. The molecule has 1 atom stereocenters. The average molecular weight is 310 g/mol. The van der Waals surface area contributed by atoms with Gasteiger partial charge in [-0.25, -0.2) is 0 Å². The Morgan fingerprint density at radius 2 is 1.64 bits per heavy atom. The third-order valence-electron chi connectivity index (χ3n) is 0.902. The normalized spacial score (nSPS) is 10.3. The first-order chi connectivity index (χ1) is 4.04. The number of carboxylic acid groups (broad SMARTS) is 2. The van der Waals surface area contributed by atoms with E-state index in [2.05, 4.69) is 0 Å². The Hall–Kier alpha value is 1.15. The van der Waals surface area contributed by atoms with Crippen LogP contribution in [0.25, 0.3) is 0 Å². The fourth-order valence-electron chi connectivity index (χ4n) is 0.349. The van der Waals surface area contributed by atoms with Gasteiger partial charge in [-0.05, 0) is 0 Å². The molecule has 4 nitrogen and oxygen atoms in total. The summed E-state index contributed by atoms with van der Waals surface area (Å²) in [6, 6.07) is 0. The van der Waals surface area contributed by atoms with Crippen LogP contribution in [0.3, 0.4) is 0 Å². The zero-order valence-corrected chi connectivity index (χ0v) is 11.8. The van der Waals surface area contributed by atoms with E-state index in [1.54, 1.807) is 0 Å². The van der Waals surface area contributed by atoms with Crippen LogP contribution in [0.2, 0.25) is 0 Å². The van der Waals surface area contributed by atoms with Gasteiger partial charge < -0.3 is 10.2 Å². The zero-order chi connectivity index (χ0) is 7.44. The Balaban J connectivity index is -0.000000320. The summed E-state index contributed by atoms with van der Waals surface area (Å²) in [5.74, 6) is -2.94. The second-order valence-corrected chi connectivity index (χ2v) is 1.84. The van der Waals surface area contributed by atoms with Crippen LogP contribution < -0.4 is 0 Å². The quantitative estimate of drug-likeness (QED) is 0.780. The van der Waals surface area contributed by atoms with Crippen LogP contribution in [-0.2, 0) is 75.0 Å². The molecule has 0 saturated heterocycles. The van der Waals surface area contributed by atoms with Gasteiger partial charge in [-0.2, -0.15) is 0 Å². The molecule has 0 aliphatic carbocycles. The summed E-state index contributed by atoms with van der Waals surface area (Å²) >= 11 is 0. The van der Waals surface area contributed by atoms with Crippen LogP contribution in [0.1, 0.15) is 13.3 Å². The van der Waals surface area contributed by atoms with Gasteiger partial charge in [0.15, 0.2) is 0 Å². The summed E-state index contributed by atoms with van der Waals surface area (Å²) in [5, 5.41) is 16.2. The topological polar surface area (TPSA) is 74.6 Å². The van der Waals surface area contributed by atoms with Gasteiger partial charge in [-0.1, -0.05) is 6.92 Å². The molecule has 0 amide bonds. The van der Waals surface area contributed by atoms with E-state index >= 15 is 0 Å². The zero-order valence-electron chi connectivity index (χ0n) is 6.15. The standard InChI is InChI=1S/C5H8O4.2Y/c1-3(5(8)9)2-4(6)7;;/h3H,2H2,1H3,(H,6,7)(H,8,9);;. The van der Waals surface area contributed by atoms with Gasteiger partial charge in [0.1, 0.15) is 0 Å². The van der Waals surface area contributed by atoms with Gasteiger partial charge in [0, 0.05) is 65.4 Å². The fraction of sp³-hybridized carbons (Fsp3) is 0.600. The van der Waals surface area contributed by atoms with E-state index in [1.165, 1.54) is 6.92 Å². The van der Waals surface area contributed by atoms with Crippen LogP contribution in [0.5, 0.6) is 0 Å². The van der Waals surface area contributed by atoms with E-state index in [9.17, 15) is 9.59 Å². The van der Waals surface area contributed by atoms with Gasteiger partial charge >= 0.3 is 11.9 Å². The molecular formula is C5H8O4Y2. The second kappa shape index (κ2) is 9.24. The number of hydrogen-bond donors (Lipinski definition) is 2. The third kappa shape index (κ3) is 11.1. The first-order valence-electron chi connectivity index (χ1n) is 2.48. The maximum atomic E-state index is 9.97. The van der Waals surface area contributed by atoms with Gasteiger partial charge in [-0.3, -0.25) is 9.59 Å². The van der Waals surface area contributed by atoms with E-state index < -0.39 is 17.9 Å². The van der Waals surface area contributed by atoms with E-state index in [4.69, 9.17) is 10.2 Å². The van der Waals surface area contributed by atoms with Crippen molar-refractivity contribution in [2.24, 2.45) is 5.92 Å². The summed E-state index contributed by atoms with van der Waals surface area (Å²) < 4.78 is 0. The third-order valence-corrected chi connectivity index (χ3v) is 0.902. The molecule has 0 bridgehead atoms. The Labute approximate surface area is 115 Å². The molecule has 11 heavy (non-hydrogen) atoms. The van der Waals surface area contributed by atoms with Gasteiger partial charge in [0.05, 0.1) is 12.3 Å². The summed E-state index contributed by atoms with van der Waals surface area (Å²) in [6.07, 6.45) is -0.310. The smallest absolute Gasteiger partial charge is 0.306 e. The Morgan fingerprint density at radius 3 is 1.73 bits per heavy atom. The molecule has 0 rings (SSSR count). The van der Waals surface area contributed by atoms with Crippen LogP contribution in [0, 0.1) is 5.92 Å². The van der Waals surface area contributed by atoms with Gasteiger partial charge in [0.2, 0.25) is 0 Å². The van der Waals surface area contributed by atoms with Crippen molar-refractivity contribution in [1.82, 2.24) is 0 Å². The van der Waals surface area contributed by atoms with Crippen LogP contribution in [0.4, 0.5) is 0 Å². The maximum absolute atomic E-state index is 9.97. The average Bonchev–Trinajstić information content (AvgIpc) is 1.63. The maximum Gasteiger partial charge on any atom is 0.306 e. The predicted octanol–water partition coefficient (Wildman–Crippen LogP) is 0.177. The fourth-order valence-corrected chi connectivity index (χ4v) is 0.349. The number of carbonyl (C=O) groups is 2. The van der Waals surface area contributed by atoms with E-state index in [-0.39, 0.29) is 71.8 Å². The molecule has 0 aromatic carbocycles. The van der Waals surface area contributed by atoms with E-state index in [0.29, 0.717) is 0 Å². The molecule has 0 spiro atoms. The summed E-state index contributed by atoms with van der Waals surface area (Å²) in [7, 11) is 0. The minimum absolute atomic E-state index is 0. The first kappa shape index (κ1) is 18.0. The van der Waals surface area contributed by atoms with Crippen LogP contribution in [-0.4, -0.2) is 22.2 Å².